The Kier molecular flexibility index (Phi) is 4.46. The van der Waals surface area contributed by atoms with Gasteiger partial charge in [-0.2, -0.15) is 0 Å². The minimum Gasteiger partial charge on any atom is -0.365 e. The van der Waals surface area contributed by atoms with Crippen LogP contribution in [0.2, 0.25) is 5.02 Å². The van der Waals surface area contributed by atoms with E-state index in [1.807, 2.05) is 49.5 Å². The Hall–Kier alpha value is -3.05. The van der Waals surface area contributed by atoms with Crippen molar-refractivity contribution in [2.75, 3.05) is 5.32 Å². The first-order valence-electron chi connectivity index (χ1n) is 8.21. The van der Waals surface area contributed by atoms with Gasteiger partial charge >= 0.3 is 0 Å². The van der Waals surface area contributed by atoms with Crippen molar-refractivity contribution in [1.82, 2.24) is 19.9 Å². The molecular weight excluding hydrogens is 346 g/mol. The van der Waals surface area contributed by atoms with E-state index in [0.717, 1.165) is 39.2 Å². The molecule has 0 aliphatic heterocycles. The molecule has 4 aromatic rings. The molecule has 0 radical (unpaired) electrons. The average Bonchev–Trinajstić information content (AvgIpc) is 2.66. The summed E-state index contributed by atoms with van der Waals surface area (Å²) < 4.78 is 0. The first-order valence-corrected chi connectivity index (χ1v) is 8.59. The number of nitrogens with one attached hydrogen (secondary N) is 1. The van der Waals surface area contributed by atoms with Crippen LogP contribution in [0, 0.1) is 6.92 Å². The molecule has 5 nitrogen and oxygen atoms in total. The maximum Gasteiger partial charge on any atom is 0.137 e. The highest BCUT2D eigenvalue weighted by Gasteiger charge is 2.05. The molecule has 0 spiro atoms. The molecule has 0 unspecified atom stereocenters. The highest BCUT2D eigenvalue weighted by atomic mass is 35.5. The van der Waals surface area contributed by atoms with E-state index in [2.05, 4.69) is 31.3 Å². The first kappa shape index (κ1) is 16.4. The minimum atomic E-state index is 0.622. The van der Waals surface area contributed by atoms with Crippen LogP contribution in [0.15, 0.2) is 61.2 Å². The van der Waals surface area contributed by atoms with Crippen LogP contribution in [0.25, 0.3) is 22.2 Å². The predicted octanol–water partition coefficient (Wildman–Crippen LogP) is 4.66. The Morgan fingerprint density at radius 2 is 1.88 bits per heavy atom. The molecule has 0 aliphatic rings. The van der Waals surface area contributed by atoms with Crippen molar-refractivity contribution in [2.45, 2.75) is 13.5 Å². The summed E-state index contributed by atoms with van der Waals surface area (Å²) in [6.07, 6.45) is 5.21. The van der Waals surface area contributed by atoms with E-state index in [1.54, 1.807) is 6.20 Å². The van der Waals surface area contributed by atoms with Crippen LogP contribution in [0.5, 0.6) is 0 Å². The second kappa shape index (κ2) is 7.06. The molecule has 3 aromatic heterocycles. The quantitative estimate of drug-likeness (QED) is 0.572. The largest absolute Gasteiger partial charge is 0.365 e. The zero-order chi connectivity index (χ0) is 17.9. The van der Waals surface area contributed by atoms with Crippen molar-refractivity contribution in [1.29, 1.82) is 0 Å². The van der Waals surface area contributed by atoms with Crippen LogP contribution in [0.1, 0.15) is 11.3 Å². The standard InChI is InChI=1S/C20H16ClN5/c1-13-8-15(6-7-22-13)18-5-2-14(10-23-18)11-24-20-17-4-3-16(21)9-19(17)25-12-26-20/h2-10,12H,11H2,1H3,(H,24,25,26). The van der Waals surface area contributed by atoms with Crippen LogP contribution >= 0.6 is 11.6 Å². The average molecular weight is 362 g/mol. The monoisotopic (exact) mass is 361 g/mol. The Morgan fingerprint density at radius 1 is 0.962 bits per heavy atom. The third kappa shape index (κ3) is 3.48. The molecule has 0 atom stereocenters. The number of pyridine rings is 2. The van der Waals surface area contributed by atoms with Gasteiger partial charge in [0.1, 0.15) is 12.1 Å². The SMILES string of the molecule is Cc1cc(-c2ccc(CNc3ncnc4cc(Cl)ccc34)cn2)ccn1. The van der Waals surface area contributed by atoms with Gasteiger partial charge in [0.05, 0.1) is 11.2 Å². The summed E-state index contributed by atoms with van der Waals surface area (Å²) in [7, 11) is 0. The molecule has 0 amide bonds. The maximum atomic E-state index is 6.03. The minimum absolute atomic E-state index is 0.622. The van der Waals surface area contributed by atoms with E-state index in [0.29, 0.717) is 11.6 Å². The number of aromatic nitrogens is 4. The van der Waals surface area contributed by atoms with Crippen molar-refractivity contribution in [2.24, 2.45) is 0 Å². The lowest BCUT2D eigenvalue weighted by molar-refractivity contribution is 1.08. The summed E-state index contributed by atoms with van der Waals surface area (Å²) >= 11 is 6.03. The maximum absolute atomic E-state index is 6.03. The third-order valence-corrected chi connectivity index (χ3v) is 4.31. The van der Waals surface area contributed by atoms with Crippen LogP contribution in [0.4, 0.5) is 5.82 Å². The molecule has 0 aliphatic carbocycles. The normalized spacial score (nSPS) is 10.8. The van der Waals surface area contributed by atoms with Gasteiger partial charge in [0, 0.05) is 40.6 Å². The summed E-state index contributed by atoms with van der Waals surface area (Å²) in [5.41, 5.74) is 4.86. The number of hydrogen-bond acceptors (Lipinski definition) is 5. The van der Waals surface area contributed by atoms with Crippen LogP contribution < -0.4 is 5.32 Å². The Balaban J connectivity index is 1.52. The van der Waals surface area contributed by atoms with E-state index in [1.165, 1.54) is 6.33 Å². The molecule has 128 valence electrons. The van der Waals surface area contributed by atoms with E-state index >= 15 is 0 Å². The molecule has 0 fully saturated rings. The van der Waals surface area contributed by atoms with Gasteiger partial charge < -0.3 is 5.32 Å². The lowest BCUT2D eigenvalue weighted by atomic mass is 10.1. The molecule has 1 N–H and O–H groups in total. The van der Waals surface area contributed by atoms with Gasteiger partial charge in [-0.25, -0.2) is 9.97 Å². The highest BCUT2D eigenvalue weighted by Crippen LogP contribution is 2.23. The van der Waals surface area contributed by atoms with Crippen molar-refractivity contribution < 1.29 is 0 Å². The second-order valence-corrected chi connectivity index (χ2v) is 6.41. The zero-order valence-corrected chi connectivity index (χ0v) is 14.9. The van der Waals surface area contributed by atoms with E-state index in [4.69, 9.17) is 11.6 Å². The summed E-state index contributed by atoms with van der Waals surface area (Å²) in [5.74, 6) is 0.778. The number of nitrogens with zero attached hydrogens (tertiary/aromatic N) is 4. The van der Waals surface area contributed by atoms with Gasteiger partial charge in [-0.15, -0.1) is 0 Å². The van der Waals surface area contributed by atoms with Crippen LogP contribution in [-0.2, 0) is 6.54 Å². The molecule has 0 bridgehead atoms. The number of aryl methyl sites for hydroxylation is 1. The second-order valence-electron chi connectivity index (χ2n) is 5.97. The molecule has 26 heavy (non-hydrogen) atoms. The summed E-state index contributed by atoms with van der Waals surface area (Å²) in [4.78, 5) is 17.4. The van der Waals surface area contributed by atoms with Gasteiger partial charge in [0.2, 0.25) is 0 Å². The Labute approximate surface area is 156 Å². The first-order chi connectivity index (χ1) is 12.7. The lowest BCUT2D eigenvalue weighted by Crippen LogP contribution is -2.03. The molecule has 0 saturated carbocycles. The smallest absolute Gasteiger partial charge is 0.137 e. The van der Waals surface area contributed by atoms with Gasteiger partial charge in [-0.05, 0) is 48.9 Å². The number of hydrogen-bond donors (Lipinski definition) is 1. The van der Waals surface area contributed by atoms with Gasteiger partial charge in [-0.1, -0.05) is 17.7 Å². The summed E-state index contributed by atoms with van der Waals surface area (Å²) in [5, 5.41) is 4.95. The molecule has 0 saturated heterocycles. The summed E-state index contributed by atoms with van der Waals surface area (Å²) in [6.45, 7) is 2.60. The highest BCUT2D eigenvalue weighted by molar-refractivity contribution is 6.31. The zero-order valence-electron chi connectivity index (χ0n) is 14.1. The molecule has 3 heterocycles. The van der Waals surface area contributed by atoms with Crippen molar-refractivity contribution >= 4 is 28.3 Å². The van der Waals surface area contributed by atoms with Crippen LogP contribution in [0.3, 0.4) is 0 Å². The van der Waals surface area contributed by atoms with Crippen molar-refractivity contribution in [3.05, 3.63) is 77.5 Å². The van der Waals surface area contributed by atoms with E-state index in [9.17, 15) is 0 Å². The number of anilines is 1. The van der Waals surface area contributed by atoms with Crippen LogP contribution in [-0.4, -0.2) is 19.9 Å². The lowest BCUT2D eigenvalue weighted by Gasteiger charge is -2.09. The number of halogens is 1. The fourth-order valence-electron chi connectivity index (χ4n) is 2.76. The summed E-state index contributed by atoms with van der Waals surface area (Å²) in [6, 6.07) is 13.7. The predicted molar refractivity (Wildman–Crippen MR) is 104 cm³/mol. The van der Waals surface area contributed by atoms with Gasteiger partial charge in [0.15, 0.2) is 0 Å². The van der Waals surface area contributed by atoms with Gasteiger partial charge in [-0.3, -0.25) is 9.97 Å². The molecular formula is C20H16ClN5. The van der Waals surface area contributed by atoms with Crippen molar-refractivity contribution in [3.63, 3.8) is 0 Å². The molecule has 4 rings (SSSR count). The topological polar surface area (TPSA) is 63.6 Å². The van der Waals surface area contributed by atoms with Gasteiger partial charge in [0.25, 0.3) is 0 Å². The Morgan fingerprint density at radius 3 is 2.69 bits per heavy atom. The van der Waals surface area contributed by atoms with E-state index in [-0.39, 0.29) is 0 Å². The fourth-order valence-corrected chi connectivity index (χ4v) is 2.93. The number of fused-ring (bicyclic) bond motifs is 1. The fraction of sp³-hybridized carbons (Fsp3) is 0.100. The molecule has 6 heteroatoms. The Bertz CT molecular complexity index is 1060. The molecule has 1 aromatic carbocycles. The third-order valence-electron chi connectivity index (χ3n) is 4.08. The number of rotatable bonds is 4. The van der Waals surface area contributed by atoms with E-state index < -0.39 is 0 Å². The van der Waals surface area contributed by atoms with Crippen molar-refractivity contribution in [3.8, 4) is 11.3 Å². The number of benzene rings is 1.